The number of likely N-dealkylation sites (N-methyl/N-ethyl adjacent to an activating group) is 1. The smallest absolute Gasteiger partial charge is 0.0829 e. The zero-order valence-corrected chi connectivity index (χ0v) is 10.8. The molecule has 92 valence electrons. The second-order valence-electron chi connectivity index (χ2n) is 4.42. The average molecular weight is 224 g/mol. The third-order valence-electron chi connectivity index (χ3n) is 2.82. The van der Waals surface area contributed by atoms with Crippen LogP contribution in [0.2, 0.25) is 0 Å². The van der Waals surface area contributed by atoms with Gasteiger partial charge in [0.05, 0.1) is 19.3 Å². The van der Waals surface area contributed by atoms with Gasteiger partial charge in [-0.25, -0.2) is 0 Å². The highest BCUT2D eigenvalue weighted by Crippen LogP contribution is 2.06. The van der Waals surface area contributed by atoms with Crippen LogP contribution in [0, 0.1) is 11.8 Å². The molecular formula is C13H24N2O. The molecule has 0 saturated carbocycles. The van der Waals surface area contributed by atoms with Gasteiger partial charge in [0.1, 0.15) is 0 Å². The van der Waals surface area contributed by atoms with Gasteiger partial charge in [0.15, 0.2) is 0 Å². The van der Waals surface area contributed by atoms with Gasteiger partial charge >= 0.3 is 0 Å². The minimum Gasteiger partial charge on any atom is -0.374 e. The summed E-state index contributed by atoms with van der Waals surface area (Å²) in [6.45, 7) is 10.0. The molecule has 1 rings (SSSR count). The van der Waals surface area contributed by atoms with Crippen molar-refractivity contribution in [3.05, 3.63) is 0 Å². The first-order valence-corrected chi connectivity index (χ1v) is 6.18. The normalized spacial score (nSPS) is 21.9. The van der Waals surface area contributed by atoms with E-state index in [1.807, 2.05) is 6.92 Å². The van der Waals surface area contributed by atoms with Gasteiger partial charge < -0.3 is 9.64 Å². The second kappa shape index (κ2) is 7.67. The van der Waals surface area contributed by atoms with Crippen molar-refractivity contribution in [2.24, 2.45) is 0 Å². The van der Waals surface area contributed by atoms with Gasteiger partial charge in [-0.1, -0.05) is 12.8 Å². The molecule has 0 amide bonds. The number of ether oxygens (including phenoxy) is 1. The monoisotopic (exact) mass is 224 g/mol. The molecule has 0 N–H and O–H groups in total. The molecule has 1 aliphatic heterocycles. The van der Waals surface area contributed by atoms with E-state index in [0.717, 1.165) is 39.3 Å². The minimum absolute atomic E-state index is 0.351. The summed E-state index contributed by atoms with van der Waals surface area (Å²) in [5.74, 6) is 6.07. The highest BCUT2D eigenvalue weighted by molar-refractivity contribution is 4.98. The average Bonchev–Trinajstić information content (AvgIpc) is 2.27. The van der Waals surface area contributed by atoms with Gasteiger partial charge in [-0.3, -0.25) is 4.90 Å². The maximum absolute atomic E-state index is 5.77. The molecule has 1 saturated heterocycles. The van der Waals surface area contributed by atoms with E-state index in [1.165, 1.54) is 6.42 Å². The van der Waals surface area contributed by atoms with Crippen LogP contribution in [-0.2, 0) is 4.74 Å². The zero-order valence-electron chi connectivity index (χ0n) is 10.8. The molecule has 0 aromatic carbocycles. The molecule has 0 aliphatic carbocycles. The third-order valence-corrected chi connectivity index (χ3v) is 2.82. The Morgan fingerprint density at radius 2 is 2.31 bits per heavy atom. The quantitative estimate of drug-likeness (QED) is 0.649. The van der Waals surface area contributed by atoms with Crippen molar-refractivity contribution in [1.29, 1.82) is 0 Å². The van der Waals surface area contributed by atoms with Gasteiger partial charge in [-0.2, -0.15) is 0 Å². The summed E-state index contributed by atoms with van der Waals surface area (Å²) in [5, 5.41) is 0. The molecule has 0 bridgehead atoms. The summed E-state index contributed by atoms with van der Waals surface area (Å²) in [6, 6.07) is 0. The lowest BCUT2D eigenvalue weighted by Gasteiger charge is -2.33. The van der Waals surface area contributed by atoms with E-state index in [9.17, 15) is 0 Å². The van der Waals surface area contributed by atoms with E-state index < -0.39 is 0 Å². The molecular weight excluding hydrogens is 200 g/mol. The van der Waals surface area contributed by atoms with Gasteiger partial charge in [0.2, 0.25) is 0 Å². The maximum atomic E-state index is 5.77. The van der Waals surface area contributed by atoms with Crippen molar-refractivity contribution in [3.63, 3.8) is 0 Å². The maximum Gasteiger partial charge on any atom is 0.0829 e. The lowest BCUT2D eigenvalue weighted by atomic mass is 10.2. The first-order valence-electron chi connectivity index (χ1n) is 6.18. The van der Waals surface area contributed by atoms with E-state index in [4.69, 9.17) is 4.74 Å². The standard InChI is InChI=1S/C13H24N2O/c1-4-6-8-15-9-10-16-13(12-15)11-14(3)7-5-2/h13H,5,7-12H2,1-3H3. The first kappa shape index (κ1) is 13.5. The Morgan fingerprint density at radius 1 is 1.50 bits per heavy atom. The Morgan fingerprint density at radius 3 is 3.00 bits per heavy atom. The van der Waals surface area contributed by atoms with Crippen LogP contribution in [0.5, 0.6) is 0 Å². The Hall–Kier alpha value is -0.560. The number of nitrogens with zero attached hydrogens (tertiary/aromatic N) is 2. The van der Waals surface area contributed by atoms with E-state index in [-0.39, 0.29) is 0 Å². The zero-order chi connectivity index (χ0) is 11.8. The van der Waals surface area contributed by atoms with Crippen LogP contribution in [0.1, 0.15) is 20.3 Å². The molecule has 1 fully saturated rings. The predicted molar refractivity (Wildman–Crippen MR) is 67.4 cm³/mol. The number of rotatable bonds is 5. The molecule has 0 aromatic rings. The van der Waals surface area contributed by atoms with Crippen molar-refractivity contribution in [2.45, 2.75) is 26.4 Å². The fourth-order valence-electron chi connectivity index (χ4n) is 2.05. The molecule has 3 heteroatoms. The van der Waals surface area contributed by atoms with Crippen LogP contribution in [0.4, 0.5) is 0 Å². The van der Waals surface area contributed by atoms with Gasteiger partial charge in [0.25, 0.3) is 0 Å². The summed E-state index contributed by atoms with van der Waals surface area (Å²) in [4.78, 5) is 4.73. The Bertz CT molecular complexity index is 244. The van der Waals surface area contributed by atoms with Crippen LogP contribution < -0.4 is 0 Å². The van der Waals surface area contributed by atoms with E-state index >= 15 is 0 Å². The highest BCUT2D eigenvalue weighted by atomic mass is 16.5. The molecule has 1 aliphatic rings. The van der Waals surface area contributed by atoms with Gasteiger partial charge in [0, 0.05) is 19.6 Å². The van der Waals surface area contributed by atoms with Crippen LogP contribution >= 0.6 is 0 Å². The molecule has 0 aromatic heterocycles. The molecule has 1 unspecified atom stereocenters. The lowest BCUT2D eigenvalue weighted by molar-refractivity contribution is -0.0363. The van der Waals surface area contributed by atoms with Crippen molar-refractivity contribution >= 4 is 0 Å². The van der Waals surface area contributed by atoms with Crippen LogP contribution in [0.25, 0.3) is 0 Å². The van der Waals surface area contributed by atoms with Gasteiger partial charge in [-0.05, 0) is 26.9 Å². The highest BCUT2D eigenvalue weighted by Gasteiger charge is 2.20. The summed E-state index contributed by atoms with van der Waals surface area (Å²) in [6.07, 6.45) is 1.55. The molecule has 0 spiro atoms. The number of hydrogen-bond acceptors (Lipinski definition) is 3. The summed E-state index contributed by atoms with van der Waals surface area (Å²) in [5.41, 5.74) is 0. The topological polar surface area (TPSA) is 15.7 Å². The van der Waals surface area contributed by atoms with Crippen molar-refractivity contribution < 1.29 is 4.74 Å². The molecule has 1 atom stereocenters. The van der Waals surface area contributed by atoms with Crippen molar-refractivity contribution in [1.82, 2.24) is 9.80 Å². The predicted octanol–water partition coefficient (Wildman–Crippen LogP) is 1.05. The molecule has 3 nitrogen and oxygen atoms in total. The summed E-state index contributed by atoms with van der Waals surface area (Å²) < 4.78 is 5.77. The van der Waals surface area contributed by atoms with Crippen molar-refractivity contribution in [3.8, 4) is 11.8 Å². The number of hydrogen-bond donors (Lipinski definition) is 0. The molecule has 0 radical (unpaired) electrons. The van der Waals surface area contributed by atoms with E-state index in [2.05, 4.69) is 35.6 Å². The van der Waals surface area contributed by atoms with E-state index in [0.29, 0.717) is 6.10 Å². The van der Waals surface area contributed by atoms with Crippen LogP contribution in [-0.4, -0.2) is 62.3 Å². The summed E-state index contributed by atoms with van der Waals surface area (Å²) in [7, 11) is 2.16. The van der Waals surface area contributed by atoms with Crippen molar-refractivity contribution in [2.75, 3.05) is 46.4 Å². The Balaban J connectivity index is 2.28. The summed E-state index contributed by atoms with van der Waals surface area (Å²) >= 11 is 0. The van der Waals surface area contributed by atoms with Gasteiger partial charge in [-0.15, -0.1) is 5.92 Å². The molecule has 1 heterocycles. The third kappa shape index (κ3) is 4.98. The SMILES string of the molecule is CC#CCN1CCOC(CN(C)CCC)C1. The van der Waals surface area contributed by atoms with Crippen LogP contribution in [0.15, 0.2) is 0 Å². The van der Waals surface area contributed by atoms with Crippen LogP contribution in [0.3, 0.4) is 0 Å². The fraction of sp³-hybridized carbons (Fsp3) is 0.846. The number of morpholine rings is 1. The fourth-order valence-corrected chi connectivity index (χ4v) is 2.05. The largest absolute Gasteiger partial charge is 0.374 e. The Labute approximate surface area is 99.7 Å². The molecule has 16 heavy (non-hydrogen) atoms. The first-order chi connectivity index (χ1) is 7.76. The minimum atomic E-state index is 0.351. The van der Waals surface area contributed by atoms with E-state index in [1.54, 1.807) is 0 Å². The Kier molecular flexibility index (Phi) is 6.47. The second-order valence-corrected chi connectivity index (χ2v) is 4.42. The lowest BCUT2D eigenvalue weighted by Crippen LogP contribution is -2.47.